The molecule has 1 aliphatic rings. The van der Waals surface area contributed by atoms with Crippen LogP contribution in [0, 0.1) is 0 Å². The fourth-order valence-electron chi connectivity index (χ4n) is 1.89. The van der Waals surface area contributed by atoms with E-state index in [1.807, 2.05) is 16.8 Å². The van der Waals surface area contributed by atoms with Gasteiger partial charge >= 0.3 is 0 Å². The standard InChI is InChI=1S/C12H12BrNO2S3/c13-11-3-4-12(18-11)19(15,16)14(10-1-2-10)7-9-5-6-17-8-9/h3-6,8,10H,1-2,7H2. The first-order chi connectivity index (χ1) is 9.07. The van der Waals surface area contributed by atoms with E-state index < -0.39 is 10.0 Å². The Kier molecular flexibility index (Phi) is 3.83. The third-order valence-electron chi connectivity index (χ3n) is 2.98. The number of rotatable bonds is 5. The third kappa shape index (κ3) is 2.95. The van der Waals surface area contributed by atoms with E-state index in [4.69, 9.17) is 0 Å². The maximum atomic E-state index is 12.7. The zero-order chi connectivity index (χ0) is 13.5. The van der Waals surface area contributed by atoms with Crippen molar-refractivity contribution in [1.29, 1.82) is 0 Å². The Labute approximate surface area is 129 Å². The molecule has 0 bridgehead atoms. The molecule has 3 nitrogen and oxygen atoms in total. The highest BCUT2D eigenvalue weighted by molar-refractivity contribution is 9.11. The van der Waals surface area contributed by atoms with Crippen molar-refractivity contribution < 1.29 is 8.42 Å². The van der Waals surface area contributed by atoms with Crippen molar-refractivity contribution in [3.8, 4) is 0 Å². The van der Waals surface area contributed by atoms with Crippen molar-refractivity contribution in [3.63, 3.8) is 0 Å². The molecule has 0 spiro atoms. The molecule has 0 aliphatic heterocycles. The number of hydrogen-bond donors (Lipinski definition) is 0. The maximum absolute atomic E-state index is 12.7. The number of nitrogens with zero attached hydrogens (tertiary/aromatic N) is 1. The van der Waals surface area contributed by atoms with Crippen LogP contribution in [0.15, 0.2) is 37.0 Å². The number of sulfonamides is 1. The molecule has 1 saturated carbocycles. The number of hydrogen-bond acceptors (Lipinski definition) is 4. The Morgan fingerprint density at radius 2 is 2.11 bits per heavy atom. The molecule has 0 atom stereocenters. The van der Waals surface area contributed by atoms with E-state index in [2.05, 4.69) is 15.9 Å². The predicted octanol–water partition coefficient (Wildman–Crippen LogP) is 3.93. The van der Waals surface area contributed by atoms with Gasteiger partial charge in [-0.05, 0) is 63.3 Å². The quantitative estimate of drug-likeness (QED) is 0.791. The van der Waals surface area contributed by atoms with Gasteiger partial charge in [0, 0.05) is 12.6 Å². The normalized spacial score (nSPS) is 16.1. The smallest absolute Gasteiger partial charge is 0.206 e. The van der Waals surface area contributed by atoms with E-state index in [-0.39, 0.29) is 6.04 Å². The lowest BCUT2D eigenvalue weighted by Gasteiger charge is -2.20. The van der Waals surface area contributed by atoms with E-state index in [0.29, 0.717) is 10.8 Å². The van der Waals surface area contributed by atoms with E-state index in [1.165, 1.54) is 11.3 Å². The second kappa shape index (κ2) is 5.29. The molecular weight excluding hydrogens is 366 g/mol. The highest BCUT2D eigenvalue weighted by atomic mass is 79.9. The van der Waals surface area contributed by atoms with E-state index in [0.717, 1.165) is 22.2 Å². The van der Waals surface area contributed by atoms with Crippen molar-refractivity contribution in [1.82, 2.24) is 4.31 Å². The molecule has 102 valence electrons. The Morgan fingerprint density at radius 1 is 1.32 bits per heavy atom. The van der Waals surface area contributed by atoms with Crippen LogP contribution in [0.2, 0.25) is 0 Å². The summed E-state index contributed by atoms with van der Waals surface area (Å²) in [5.74, 6) is 0. The van der Waals surface area contributed by atoms with E-state index in [9.17, 15) is 8.42 Å². The van der Waals surface area contributed by atoms with E-state index in [1.54, 1.807) is 27.8 Å². The van der Waals surface area contributed by atoms with Gasteiger partial charge in [-0.25, -0.2) is 8.42 Å². The molecule has 0 radical (unpaired) electrons. The van der Waals surface area contributed by atoms with Crippen LogP contribution >= 0.6 is 38.6 Å². The Balaban J connectivity index is 1.91. The number of thiophene rings is 2. The minimum absolute atomic E-state index is 0.172. The monoisotopic (exact) mass is 377 g/mol. The molecule has 0 N–H and O–H groups in total. The van der Waals surface area contributed by atoms with Crippen LogP contribution in [-0.4, -0.2) is 18.8 Å². The first kappa shape index (κ1) is 13.8. The lowest BCUT2D eigenvalue weighted by molar-refractivity contribution is 0.400. The first-order valence-corrected chi connectivity index (χ1v) is 9.85. The summed E-state index contributed by atoms with van der Waals surface area (Å²) >= 11 is 6.19. The molecule has 1 aliphatic carbocycles. The van der Waals surface area contributed by atoms with Crippen LogP contribution in [0.4, 0.5) is 0 Å². The van der Waals surface area contributed by atoms with Gasteiger partial charge in [0.05, 0.1) is 3.79 Å². The van der Waals surface area contributed by atoms with Gasteiger partial charge in [0.25, 0.3) is 10.0 Å². The van der Waals surface area contributed by atoms with Crippen molar-refractivity contribution in [2.24, 2.45) is 0 Å². The molecular formula is C12H12BrNO2S3. The van der Waals surface area contributed by atoms with Crippen LogP contribution in [0.1, 0.15) is 18.4 Å². The van der Waals surface area contributed by atoms with Gasteiger partial charge in [-0.2, -0.15) is 15.6 Å². The minimum Gasteiger partial charge on any atom is -0.206 e. The van der Waals surface area contributed by atoms with E-state index >= 15 is 0 Å². The second-order valence-electron chi connectivity index (χ2n) is 4.47. The van der Waals surface area contributed by atoms with Crippen LogP contribution in [0.25, 0.3) is 0 Å². The molecule has 0 amide bonds. The van der Waals surface area contributed by atoms with Crippen LogP contribution in [0.5, 0.6) is 0 Å². The average molecular weight is 378 g/mol. The molecule has 0 unspecified atom stereocenters. The second-order valence-corrected chi connectivity index (χ2v) is 9.83. The first-order valence-electron chi connectivity index (χ1n) is 5.85. The van der Waals surface area contributed by atoms with Crippen LogP contribution < -0.4 is 0 Å². The number of halogens is 1. The molecule has 1 fully saturated rings. The summed E-state index contributed by atoms with van der Waals surface area (Å²) in [4.78, 5) is 0. The Hall–Kier alpha value is -0.210. The summed E-state index contributed by atoms with van der Waals surface area (Å²) in [6.07, 6.45) is 1.94. The van der Waals surface area contributed by atoms with Crippen molar-refractivity contribution in [2.75, 3.05) is 0 Å². The predicted molar refractivity (Wildman–Crippen MR) is 82.1 cm³/mol. The summed E-state index contributed by atoms with van der Waals surface area (Å²) in [6, 6.07) is 5.62. The summed E-state index contributed by atoms with van der Waals surface area (Å²) in [5, 5.41) is 3.99. The van der Waals surface area contributed by atoms with Gasteiger partial charge < -0.3 is 0 Å². The molecule has 7 heteroatoms. The third-order valence-corrected chi connectivity index (χ3v) is 7.71. The summed E-state index contributed by atoms with van der Waals surface area (Å²) in [7, 11) is -3.37. The van der Waals surface area contributed by atoms with Crippen molar-refractivity contribution in [2.45, 2.75) is 29.6 Å². The maximum Gasteiger partial charge on any atom is 0.253 e. The molecule has 2 aromatic rings. The Morgan fingerprint density at radius 3 is 2.63 bits per heavy atom. The van der Waals surface area contributed by atoms with Crippen molar-refractivity contribution in [3.05, 3.63) is 38.3 Å². The van der Waals surface area contributed by atoms with Gasteiger partial charge in [-0.3, -0.25) is 0 Å². The summed E-state index contributed by atoms with van der Waals surface area (Å²) < 4.78 is 28.3. The summed E-state index contributed by atoms with van der Waals surface area (Å²) in [6.45, 7) is 0.478. The van der Waals surface area contributed by atoms with Gasteiger partial charge in [0.15, 0.2) is 0 Å². The molecule has 0 saturated heterocycles. The lowest BCUT2D eigenvalue weighted by atomic mass is 10.3. The molecule has 3 rings (SSSR count). The SMILES string of the molecule is O=S(=O)(c1ccc(Br)s1)N(Cc1ccsc1)C1CC1. The van der Waals surface area contributed by atoms with Gasteiger partial charge in [-0.1, -0.05) is 0 Å². The average Bonchev–Trinajstić information content (AvgIpc) is 2.88. The molecule has 2 aromatic heterocycles. The van der Waals surface area contributed by atoms with Gasteiger partial charge in [0.2, 0.25) is 0 Å². The van der Waals surface area contributed by atoms with Crippen molar-refractivity contribution >= 4 is 48.6 Å². The largest absolute Gasteiger partial charge is 0.253 e. The zero-order valence-corrected chi connectivity index (χ0v) is 14.0. The van der Waals surface area contributed by atoms with Crippen LogP contribution in [0.3, 0.4) is 0 Å². The topological polar surface area (TPSA) is 37.4 Å². The van der Waals surface area contributed by atoms with Gasteiger partial charge in [-0.15, -0.1) is 11.3 Å². The highest BCUT2D eigenvalue weighted by Gasteiger charge is 2.38. The van der Waals surface area contributed by atoms with Crippen LogP contribution in [-0.2, 0) is 16.6 Å². The summed E-state index contributed by atoms with van der Waals surface area (Å²) in [5.41, 5.74) is 1.07. The highest BCUT2D eigenvalue weighted by Crippen LogP contribution is 2.36. The fourth-order valence-corrected chi connectivity index (χ4v) is 6.36. The zero-order valence-electron chi connectivity index (χ0n) is 9.95. The molecule has 2 heterocycles. The minimum atomic E-state index is -3.37. The fraction of sp³-hybridized carbons (Fsp3) is 0.333. The van der Waals surface area contributed by atoms with Gasteiger partial charge in [0.1, 0.15) is 4.21 Å². The Bertz CT molecular complexity index is 659. The molecule has 19 heavy (non-hydrogen) atoms. The lowest BCUT2D eigenvalue weighted by Crippen LogP contribution is -2.32. The molecule has 0 aromatic carbocycles.